The first-order chi connectivity index (χ1) is 8.88. The van der Waals surface area contributed by atoms with Crippen molar-refractivity contribution in [3.63, 3.8) is 0 Å². The van der Waals surface area contributed by atoms with Gasteiger partial charge in [0.1, 0.15) is 11.9 Å². The molecule has 0 aromatic carbocycles. The molecular weight excluding hydrogens is 266 g/mol. The first kappa shape index (κ1) is 14.0. The molecule has 0 spiro atoms. The van der Waals surface area contributed by atoms with E-state index in [2.05, 4.69) is 10.3 Å². The van der Waals surface area contributed by atoms with Crippen LogP contribution >= 0.6 is 0 Å². The number of rotatable bonds is 3. The van der Waals surface area contributed by atoms with E-state index in [1.54, 1.807) is 12.3 Å². The zero-order valence-corrected chi connectivity index (χ0v) is 11.8. The van der Waals surface area contributed by atoms with Crippen LogP contribution in [0.2, 0.25) is 0 Å². The normalized spacial score (nSPS) is 20.4. The highest BCUT2D eigenvalue weighted by Gasteiger charge is 2.36. The molecule has 1 amide bonds. The lowest BCUT2D eigenvalue weighted by Gasteiger charge is -2.21. The second-order valence-electron chi connectivity index (χ2n) is 4.74. The summed E-state index contributed by atoms with van der Waals surface area (Å²) in [5.41, 5.74) is 0.997. The van der Waals surface area contributed by atoms with E-state index in [1.165, 1.54) is 4.31 Å². The zero-order valence-electron chi connectivity index (χ0n) is 11.0. The molecule has 7 heteroatoms. The minimum absolute atomic E-state index is 0.320. The predicted molar refractivity (Wildman–Crippen MR) is 72.2 cm³/mol. The molecule has 1 aromatic heterocycles. The highest BCUT2D eigenvalue weighted by Crippen LogP contribution is 2.21. The van der Waals surface area contributed by atoms with Gasteiger partial charge in [-0.3, -0.25) is 4.79 Å². The van der Waals surface area contributed by atoms with Gasteiger partial charge in [-0.15, -0.1) is 0 Å². The molecule has 104 valence electrons. The minimum atomic E-state index is -3.34. The standard InChI is InChI=1S/C12H17N3O3S/c1-9-5-6-11(13-8-9)14-12(16)10-4-3-7-15(10)19(2,17)18/h5-6,8,10H,3-4,7H2,1-2H3,(H,13,14,16). The summed E-state index contributed by atoms with van der Waals surface area (Å²) in [7, 11) is -3.34. The number of amides is 1. The van der Waals surface area contributed by atoms with Crippen molar-refractivity contribution in [2.75, 3.05) is 18.1 Å². The maximum atomic E-state index is 12.1. The third-order valence-corrected chi connectivity index (χ3v) is 4.38. The average Bonchev–Trinajstić information content (AvgIpc) is 2.81. The van der Waals surface area contributed by atoms with Crippen molar-refractivity contribution in [1.29, 1.82) is 0 Å². The fourth-order valence-corrected chi connectivity index (χ4v) is 3.27. The Kier molecular flexibility index (Phi) is 3.86. The predicted octanol–water partition coefficient (Wildman–Crippen LogP) is 0.753. The van der Waals surface area contributed by atoms with E-state index in [0.717, 1.165) is 11.8 Å². The van der Waals surface area contributed by atoms with E-state index in [9.17, 15) is 13.2 Å². The molecule has 1 aliphatic rings. The van der Waals surface area contributed by atoms with Crippen LogP contribution in [0.25, 0.3) is 0 Å². The molecule has 19 heavy (non-hydrogen) atoms. The first-order valence-electron chi connectivity index (χ1n) is 6.08. The third-order valence-electron chi connectivity index (χ3n) is 3.09. The maximum absolute atomic E-state index is 12.1. The first-order valence-corrected chi connectivity index (χ1v) is 7.93. The summed E-state index contributed by atoms with van der Waals surface area (Å²) in [6, 6.07) is 2.91. The molecule has 0 aliphatic carbocycles. The second-order valence-corrected chi connectivity index (χ2v) is 6.68. The number of hydrogen-bond acceptors (Lipinski definition) is 4. The van der Waals surface area contributed by atoms with Crippen LogP contribution in [0.15, 0.2) is 18.3 Å². The fourth-order valence-electron chi connectivity index (χ4n) is 2.15. The molecular formula is C12H17N3O3S. The van der Waals surface area contributed by atoms with Crippen LogP contribution in [0.3, 0.4) is 0 Å². The molecule has 1 saturated heterocycles. The topological polar surface area (TPSA) is 79.4 Å². The van der Waals surface area contributed by atoms with Gasteiger partial charge in [-0.2, -0.15) is 4.31 Å². The Morgan fingerprint density at radius 3 is 2.79 bits per heavy atom. The Balaban J connectivity index is 2.09. The summed E-state index contributed by atoms with van der Waals surface area (Å²) in [5.74, 6) is 0.121. The van der Waals surface area contributed by atoms with E-state index >= 15 is 0 Å². The van der Waals surface area contributed by atoms with E-state index < -0.39 is 16.1 Å². The van der Waals surface area contributed by atoms with Gasteiger partial charge in [0.05, 0.1) is 6.26 Å². The van der Waals surface area contributed by atoms with Crippen molar-refractivity contribution in [2.45, 2.75) is 25.8 Å². The number of aromatic nitrogens is 1. The molecule has 1 fully saturated rings. The maximum Gasteiger partial charge on any atom is 0.243 e. The Morgan fingerprint density at radius 2 is 2.21 bits per heavy atom. The lowest BCUT2D eigenvalue weighted by atomic mass is 10.2. The van der Waals surface area contributed by atoms with Crippen molar-refractivity contribution in [3.8, 4) is 0 Å². The van der Waals surface area contributed by atoms with Gasteiger partial charge in [0, 0.05) is 12.7 Å². The average molecular weight is 283 g/mol. The minimum Gasteiger partial charge on any atom is -0.309 e. The van der Waals surface area contributed by atoms with Crippen LogP contribution in [0, 0.1) is 6.92 Å². The smallest absolute Gasteiger partial charge is 0.243 e. The number of aryl methyl sites for hydroxylation is 1. The Bertz CT molecular complexity index is 568. The van der Waals surface area contributed by atoms with Gasteiger partial charge >= 0.3 is 0 Å². The molecule has 2 heterocycles. The largest absolute Gasteiger partial charge is 0.309 e. The lowest BCUT2D eigenvalue weighted by molar-refractivity contribution is -0.119. The van der Waals surface area contributed by atoms with Crippen LogP contribution < -0.4 is 5.32 Å². The molecule has 2 rings (SSSR count). The Labute approximate surface area is 112 Å². The Hall–Kier alpha value is -1.47. The molecule has 6 nitrogen and oxygen atoms in total. The SMILES string of the molecule is Cc1ccc(NC(=O)C2CCCN2S(C)(=O)=O)nc1. The van der Waals surface area contributed by atoms with Crippen molar-refractivity contribution in [2.24, 2.45) is 0 Å². The van der Waals surface area contributed by atoms with Crippen molar-refractivity contribution in [3.05, 3.63) is 23.9 Å². The van der Waals surface area contributed by atoms with Crippen LogP contribution in [-0.4, -0.2) is 42.5 Å². The summed E-state index contributed by atoms with van der Waals surface area (Å²) < 4.78 is 24.4. The number of pyridine rings is 1. The number of sulfonamides is 1. The van der Waals surface area contributed by atoms with E-state index in [1.807, 2.05) is 13.0 Å². The third kappa shape index (κ3) is 3.30. The quantitative estimate of drug-likeness (QED) is 0.888. The molecule has 1 aromatic rings. The van der Waals surface area contributed by atoms with E-state index in [0.29, 0.717) is 25.2 Å². The summed E-state index contributed by atoms with van der Waals surface area (Å²) >= 11 is 0. The molecule has 1 atom stereocenters. The Morgan fingerprint density at radius 1 is 1.47 bits per heavy atom. The molecule has 0 bridgehead atoms. The van der Waals surface area contributed by atoms with Gasteiger partial charge in [0.2, 0.25) is 15.9 Å². The number of anilines is 1. The van der Waals surface area contributed by atoms with E-state index in [4.69, 9.17) is 0 Å². The molecule has 0 saturated carbocycles. The van der Waals surface area contributed by atoms with Crippen LogP contribution in [0.5, 0.6) is 0 Å². The van der Waals surface area contributed by atoms with Gasteiger partial charge in [-0.1, -0.05) is 6.07 Å². The van der Waals surface area contributed by atoms with Crippen LogP contribution in [-0.2, 0) is 14.8 Å². The zero-order chi connectivity index (χ0) is 14.0. The second kappa shape index (κ2) is 5.26. The van der Waals surface area contributed by atoms with Crippen molar-refractivity contribution in [1.82, 2.24) is 9.29 Å². The molecule has 1 aliphatic heterocycles. The van der Waals surface area contributed by atoms with Gasteiger partial charge in [0.25, 0.3) is 0 Å². The fraction of sp³-hybridized carbons (Fsp3) is 0.500. The summed E-state index contributed by atoms with van der Waals surface area (Å²) in [4.78, 5) is 16.2. The summed E-state index contributed by atoms with van der Waals surface area (Å²) in [6.07, 6.45) is 4.03. The van der Waals surface area contributed by atoms with Crippen molar-refractivity contribution < 1.29 is 13.2 Å². The number of nitrogens with zero attached hydrogens (tertiary/aromatic N) is 2. The van der Waals surface area contributed by atoms with Gasteiger partial charge in [-0.25, -0.2) is 13.4 Å². The lowest BCUT2D eigenvalue weighted by Crippen LogP contribution is -2.42. The molecule has 1 N–H and O–H groups in total. The number of carbonyl (C=O) groups is 1. The van der Waals surface area contributed by atoms with Gasteiger partial charge < -0.3 is 5.32 Å². The number of nitrogens with one attached hydrogen (secondary N) is 1. The van der Waals surface area contributed by atoms with Crippen LogP contribution in [0.4, 0.5) is 5.82 Å². The van der Waals surface area contributed by atoms with Crippen molar-refractivity contribution >= 4 is 21.7 Å². The summed E-state index contributed by atoms with van der Waals surface area (Å²) in [5, 5.41) is 2.66. The molecule has 0 radical (unpaired) electrons. The highest BCUT2D eigenvalue weighted by atomic mass is 32.2. The van der Waals surface area contributed by atoms with E-state index in [-0.39, 0.29) is 5.91 Å². The summed E-state index contributed by atoms with van der Waals surface area (Å²) in [6.45, 7) is 2.30. The monoisotopic (exact) mass is 283 g/mol. The highest BCUT2D eigenvalue weighted by molar-refractivity contribution is 7.88. The molecule has 1 unspecified atom stereocenters. The van der Waals surface area contributed by atoms with Gasteiger partial charge in [0.15, 0.2) is 0 Å². The number of carbonyl (C=O) groups excluding carboxylic acids is 1. The number of hydrogen-bond donors (Lipinski definition) is 1. The van der Waals surface area contributed by atoms with Gasteiger partial charge in [-0.05, 0) is 31.4 Å². The van der Waals surface area contributed by atoms with Crippen LogP contribution in [0.1, 0.15) is 18.4 Å².